The first-order chi connectivity index (χ1) is 9.76. The number of amides is 3. The quantitative estimate of drug-likeness (QED) is 0.702. The van der Waals surface area contributed by atoms with E-state index in [0.29, 0.717) is 11.4 Å². The number of rotatable bonds is 6. The number of alkyl halides is 3. The fourth-order valence-corrected chi connectivity index (χ4v) is 1.36. The fourth-order valence-electron chi connectivity index (χ4n) is 1.36. The van der Waals surface area contributed by atoms with Gasteiger partial charge in [0.05, 0.1) is 13.0 Å². The molecule has 0 bridgehead atoms. The zero-order chi connectivity index (χ0) is 15.9. The molecule has 116 valence electrons. The number of nitrogens with two attached hydrogens (primary N) is 1. The minimum Gasteiger partial charge on any atom is -0.372 e. The molecular weight excluding hydrogens is 291 g/mol. The summed E-state index contributed by atoms with van der Waals surface area (Å²) >= 11 is 0. The standard InChI is InChI=1S/C12H14F3N3O3/c13-12(14,15)7-21-6-5-10(19)17-8-1-3-9(4-2-8)18-11(16)20/h1-4H,5-7H2,(H,17,19)(H3,16,18,20). The van der Waals surface area contributed by atoms with Crippen LogP contribution in [0.1, 0.15) is 6.42 Å². The van der Waals surface area contributed by atoms with Crippen LogP contribution in [0.25, 0.3) is 0 Å². The molecule has 1 aromatic carbocycles. The van der Waals surface area contributed by atoms with E-state index in [9.17, 15) is 22.8 Å². The van der Waals surface area contributed by atoms with Crippen LogP contribution in [-0.2, 0) is 9.53 Å². The monoisotopic (exact) mass is 305 g/mol. The summed E-state index contributed by atoms with van der Waals surface area (Å²) in [6.45, 7) is -1.71. The minimum absolute atomic E-state index is 0.197. The highest BCUT2D eigenvalue weighted by molar-refractivity contribution is 5.92. The summed E-state index contributed by atoms with van der Waals surface area (Å²) in [6.07, 6.45) is -4.60. The summed E-state index contributed by atoms with van der Waals surface area (Å²) in [5.74, 6) is -0.479. The molecule has 1 aromatic rings. The Morgan fingerprint density at radius 2 is 1.62 bits per heavy atom. The van der Waals surface area contributed by atoms with Crippen molar-refractivity contribution >= 4 is 23.3 Å². The molecule has 3 amide bonds. The van der Waals surface area contributed by atoms with E-state index in [1.54, 1.807) is 0 Å². The summed E-state index contributed by atoms with van der Waals surface area (Å²) < 4.78 is 39.7. The predicted octanol–water partition coefficient (Wildman–Crippen LogP) is 2.08. The van der Waals surface area contributed by atoms with E-state index in [1.807, 2.05) is 0 Å². The van der Waals surface area contributed by atoms with Gasteiger partial charge in [0, 0.05) is 11.4 Å². The maximum Gasteiger partial charge on any atom is 0.411 e. The Bertz CT molecular complexity index is 489. The third kappa shape index (κ3) is 7.78. The number of hydrogen-bond donors (Lipinski definition) is 3. The molecule has 0 saturated carbocycles. The second kappa shape index (κ2) is 7.48. The number of urea groups is 1. The molecule has 1 rings (SSSR count). The first-order valence-electron chi connectivity index (χ1n) is 5.87. The van der Waals surface area contributed by atoms with Crippen molar-refractivity contribution in [2.24, 2.45) is 5.73 Å². The largest absolute Gasteiger partial charge is 0.411 e. The first-order valence-corrected chi connectivity index (χ1v) is 5.87. The molecule has 6 nitrogen and oxygen atoms in total. The normalized spacial score (nSPS) is 11.0. The number of halogens is 3. The van der Waals surface area contributed by atoms with Crippen LogP contribution in [-0.4, -0.2) is 31.3 Å². The summed E-state index contributed by atoms with van der Waals surface area (Å²) in [6, 6.07) is 5.34. The van der Waals surface area contributed by atoms with Crippen molar-refractivity contribution in [2.75, 3.05) is 23.8 Å². The zero-order valence-corrected chi connectivity index (χ0v) is 10.9. The summed E-state index contributed by atoms with van der Waals surface area (Å²) in [7, 11) is 0. The Balaban J connectivity index is 2.32. The van der Waals surface area contributed by atoms with Crippen LogP contribution < -0.4 is 16.4 Å². The Hall–Kier alpha value is -2.29. The summed E-state index contributed by atoms with van der Waals surface area (Å²) in [5, 5.41) is 4.82. The van der Waals surface area contributed by atoms with Crippen molar-refractivity contribution in [3.63, 3.8) is 0 Å². The van der Waals surface area contributed by atoms with Crippen LogP contribution in [0.15, 0.2) is 24.3 Å². The van der Waals surface area contributed by atoms with Gasteiger partial charge in [-0.2, -0.15) is 13.2 Å². The lowest BCUT2D eigenvalue weighted by Crippen LogP contribution is -2.20. The van der Waals surface area contributed by atoms with E-state index in [4.69, 9.17) is 5.73 Å². The van der Waals surface area contributed by atoms with Crippen LogP contribution in [0.5, 0.6) is 0 Å². The van der Waals surface area contributed by atoms with E-state index in [1.165, 1.54) is 24.3 Å². The van der Waals surface area contributed by atoms with Crippen LogP contribution in [0.3, 0.4) is 0 Å². The van der Waals surface area contributed by atoms with Crippen molar-refractivity contribution in [1.82, 2.24) is 0 Å². The number of carbonyl (C=O) groups is 2. The van der Waals surface area contributed by atoms with Gasteiger partial charge >= 0.3 is 12.2 Å². The number of carbonyl (C=O) groups excluding carboxylic acids is 2. The van der Waals surface area contributed by atoms with Gasteiger partial charge in [-0.1, -0.05) is 0 Å². The molecule has 0 aliphatic heterocycles. The fraction of sp³-hybridized carbons (Fsp3) is 0.333. The van der Waals surface area contributed by atoms with Gasteiger partial charge in [-0.25, -0.2) is 4.79 Å². The Morgan fingerprint density at radius 3 is 2.10 bits per heavy atom. The molecule has 0 aliphatic carbocycles. The van der Waals surface area contributed by atoms with Gasteiger partial charge in [0.1, 0.15) is 6.61 Å². The van der Waals surface area contributed by atoms with E-state index < -0.39 is 24.7 Å². The molecule has 9 heteroatoms. The lowest BCUT2D eigenvalue weighted by Gasteiger charge is -2.08. The van der Waals surface area contributed by atoms with E-state index in [-0.39, 0.29) is 13.0 Å². The first kappa shape index (κ1) is 16.8. The van der Waals surface area contributed by atoms with Crippen LogP contribution in [0.2, 0.25) is 0 Å². The molecule has 0 spiro atoms. The maximum atomic E-state index is 11.8. The summed E-state index contributed by atoms with van der Waals surface area (Å²) in [5.41, 5.74) is 5.82. The zero-order valence-electron chi connectivity index (χ0n) is 10.9. The Morgan fingerprint density at radius 1 is 1.10 bits per heavy atom. The van der Waals surface area contributed by atoms with Crippen LogP contribution in [0.4, 0.5) is 29.3 Å². The number of anilines is 2. The molecule has 0 unspecified atom stereocenters. The van der Waals surface area contributed by atoms with Gasteiger partial charge in [-0.05, 0) is 24.3 Å². The summed E-state index contributed by atoms with van der Waals surface area (Å²) in [4.78, 5) is 22.0. The number of ether oxygens (including phenoxy) is 1. The van der Waals surface area contributed by atoms with Crippen molar-refractivity contribution in [2.45, 2.75) is 12.6 Å². The lowest BCUT2D eigenvalue weighted by molar-refractivity contribution is -0.174. The highest BCUT2D eigenvalue weighted by Crippen LogP contribution is 2.15. The van der Waals surface area contributed by atoms with E-state index in [2.05, 4.69) is 15.4 Å². The van der Waals surface area contributed by atoms with E-state index >= 15 is 0 Å². The molecule has 0 aliphatic rings. The van der Waals surface area contributed by atoms with Gasteiger partial charge in [-0.15, -0.1) is 0 Å². The van der Waals surface area contributed by atoms with Gasteiger partial charge in [-0.3, -0.25) is 4.79 Å². The maximum absolute atomic E-state index is 11.8. The topological polar surface area (TPSA) is 93.5 Å². The number of benzene rings is 1. The van der Waals surface area contributed by atoms with Crippen molar-refractivity contribution in [3.8, 4) is 0 Å². The molecule has 0 fully saturated rings. The number of primary amides is 1. The van der Waals surface area contributed by atoms with Crippen molar-refractivity contribution in [1.29, 1.82) is 0 Å². The number of hydrogen-bond acceptors (Lipinski definition) is 3. The molecule has 0 aromatic heterocycles. The second-order valence-electron chi connectivity index (χ2n) is 4.03. The predicted molar refractivity (Wildman–Crippen MR) is 69.8 cm³/mol. The van der Waals surface area contributed by atoms with Crippen LogP contribution >= 0.6 is 0 Å². The highest BCUT2D eigenvalue weighted by Gasteiger charge is 2.27. The SMILES string of the molecule is NC(=O)Nc1ccc(NC(=O)CCOCC(F)(F)F)cc1. The molecule has 0 heterocycles. The van der Waals surface area contributed by atoms with Gasteiger partial charge < -0.3 is 21.1 Å². The average Bonchev–Trinajstić information content (AvgIpc) is 2.35. The second-order valence-corrected chi connectivity index (χ2v) is 4.03. The average molecular weight is 305 g/mol. The lowest BCUT2D eigenvalue weighted by atomic mass is 10.2. The molecule has 4 N–H and O–H groups in total. The van der Waals surface area contributed by atoms with Crippen molar-refractivity contribution in [3.05, 3.63) is 24.3 Å². The number of nitrogens with one attached hydrogen (secondary N) is 2. The Kier molecular flexibility index (Phi) is 5.97. The van der Waals surface area contributed by atoms with Gasteiger partial charge in [0.25, 0.3) is 0 Å². The Labute approximate surface area is 118 Å². The third-order valence-electron chi connectivity index (χ3n) is 2.18. The highest BCUT2D eigenvalue weighted by atomic mass is 19.4. The smallest absolute Gasteiger partial charge is 0.372 e. The molecule has 21 heavy (non-hydrogen) atoms. The van der Waals surface area contributed by atoms with Gasteiger partial charge in [0.15, 0.2) is 0 Å². The third-order valence-corrected chi connectivity index (χ3v) is 2.18. The van der Waals surface area contributed by atoms with Crippen molar-refractivity contribution < 1.29 is 27.5 Å². The molecular formula is C12H14F3N3O3. The molecule has 0 radical (unpaired) electrons. The van der Waals surface area contributed by atoms with E-state index in [0.717, 1.165) is 0 Å². The molecule has 0 atom stereocenters. The van der Waals surface area contributed by atoms with Crippen LogP contribution in [0, 0.1) is 0 Å². The van der Waals surface area contributed by atoms with Gasteiger partial charge in [0.2, 0.25) is 5.91 Å². The molecule has 0 saturated heterocycles. The minimum atomic E-state index is -4.40.